The molecular formula is C10H13Cl2N. The maximum absolute atomic E-state index is 6.16. The third-order valence-electron chi connectivity index (χ3n) is 1.89. The molecule has 1 atom stereocenters. The predicted molar refractivity (Wildman–Crippen MR) is 57.4 cm³/mol. The number of halogens is 2. The molecule has 1 aromatic rings. The molecule has 0 amide bonds. The quantitative estimate of drug-likeness (QED) is 0.541. The SMILES string of the molecule is ClCCCCC(Cl)c1cccnc1. The Morgan fingerprint density at radius 3 is 2.85 bits per heavy atom. The van der Waals surface area contributed by atoms with E-state index in [4.69, 9.17) is 23.2 Å². The van der Waals surface area contributed by atoms with Crippen molar-refractivity contribution in [1.29, 1.82) is 0 Å². The second kappa shape index (κ2) is 6.22. The number of aromatic nitrogens is 1. The third kappa shape index (κ3) is 3.97. The van der Waals surface area contributed by atoms with Crippen molar-refractivity contribution in [2.45, 2.75) is 24.6 Å². The molecule has 0 aliphatic heterocycles. The zero-order valence-corrected chi connectivity index (χ0v) is 8.93. The molecule has 0 aliphatic carbocycles. The molecule has 0 N–H and O–H groups in total. The molecule has 13 heavy (non-hydrogen) atoms. The molecule has 1 aromatic heterocycles. The molecule has 0 aliphatic rings. The van der Waals surface area contributed by atoms with Gasteiger partial charge in [0.2, 0.25) is 0 Å². The summed E-state index contributed by atoms with van der Waals surface area (Å²) in [5.74, 6) is 0.719. The van der Waals surface area contributed by atoms with Gasteiger partial charge in [0.05, 0.1) is 5.38 Å². The molecule has 1 heterocycles. The van der Waals surface area contributed by atoms with Gasteiger partial charge in [-0.3, -0.25) is 4.98 Å². The van der Waals surface area contributed by atoms with E-state index in [0.717, 1.165) is 30.7 Å². The standard InChI is InChI=1S/C10H13Cl2N/c11-6-2-1-5-10(12)9-4-3-7-13-8-9/h3-4,7-8,10H,1-2,5-6H2. The summed E-state index contributed by atoms with van der Waals surface area (Å²) in [6.45, 7) is 0. The van der Waals surface area contributed by atoms with Crippen LogP contribution < -0.4 is 0 Å². The van der Waals surface area contributed by atoms with Crippen LogP contribution in [0.4, 0.5) is 0 Å². The first-order valence-electron chi connectivity index (χ1n) is 4.44. The van der Waals surface area contributed by atoms with Crippen LogP contribution in [0.25, 0.3) is 0 Å². The summed E-state index contributed by atoms with van der Waals surface area (Å²) in [6, 6.07) is 3.91. The highest BCUT2D eigenvalue weighted by atomic mass is 35.5. The number of nitrogens with zero attached hydrogens (tertiary/aromatic N) is 1. The largest absolute Gasteiger partial charge is 0.264 e. The maximum Gasteiger partial charge on any atom is 0.0600 e. The lowest BCUT2D eigenvalue weighted by Gasteiger charge is -2.07. The van der Waals surface area contributed by atoms with Gasteiger partial charge < -0.3 is 0 Å². The molecule has 3 heteroatoms. The number of hydrogen-bond acceptors (Lipinski definition) is 1. The zero-order chi connectivity index (χ0) is 9.52. The smallest absolute Gasteiger partial charge is 0.0600 e. The molecule has 0 bridgehead atoms. The second-order valence-corrected chi connectivity index (χ2v) is 3.84. The van der Waals surface area contributed by atoms with Gasteiger partial charge in [-0.05, 0) is 24.5 Å². The normalized spacial score (nSPS) is 12.8. The Kier molecular flexibility index (Phi) is 5.18. The summed E-state index contributed by atoms with van der Waals surface area (Å²) in [4.78, 5) is 4.02. The van der Waals surface area contributed by atoms with Crippen LogP contribution in [0.2, 0.25) is 0 Å². The molecule has 0 aromatic carbocycles. The molecule has 1 nitrogen and oxygen atoms in total. The van der Waals surface area contributed by atoms with E-state index >= 15 is 0 Å². The first-order valence-corrected chi connectivity index (χ1v) is 5.41. The van der Waals surface area contributed by atoms with E-state index in [9.17, 15) is 0 Å². The molecule has 0 saturated carbocycles. The molecule has 0 spiro atoms. The number of rotatable bonds is 5. The Bertz CT molecular complexity index is 226. The number of alkyl halides is 2. The van der Waals surface area contributed by atoms with E-state index in [1.165, 1.54) is 0 Å². The van der Waals surface area contributed by atoms with Gasteiger partial charge in [-0.15, -0.1) is 23.2 Å². The topological polar surface area (TPSA) is 12.9 Å². The fourth-order valence-corrected chi connectivity index (χ4v) is 1.62. The minimum absolute atomic E-state index is 0.0805. The number of hydrogen-bond donors (Lipinski definition) is 0. The van der Waals surface area contributed by atoms with Crippen molar-refractivity contribution in [2.24, 2.45) is 0 Å². The summed E-state index contributed by atoms with van der Waals surface area (Å²) in [5, 5.41) is 0.0805. The van der Waals surface area contributed by atoms with Crippen molar-refractivity contribution in [3.63, 3.8) is 0 Å². The summed E-state index contributed by atoms with van der Waals surface area (Å²) < 4.78 is 0. The van der Waals surface area contributed by atoms with Crippen molar-refractivity contribution in [1.82, 2.24) is 4.98 Å². The lowest BCUT2D eigenvalue weighted by Crippen LogP contribution is -1.91. The van der Waals surface area contributed by atoms with Gasteiger partial charge in [0.25, 0.3) is 0 Å². The first kappa shape index (κ1) is 10.8. The summed E-state index contributed by atoms with van der Waals surface area (Å²) >= 11 is 11.7. The fourth-order valence-electron chi connectivity index (χ4n) is 1.15. The summed E-state index contributed by atoms with van der Waals surface area (Å²) in [6.07, 6.45) is 6.65. The Balaban J connectivity index is 2.35. The molecule has 1 rings (SSSR count). The Morgan fingerprint density at radius 2 is 2.23 bits per heavy atom. The highest BCUT2D eigenvalue weighted by Gasteiger charge is 2.06. The van der Waals surface area contributed by atoms with E-state index in [1.807, 2.05) is 18.3 Å². The van der Waals surface area contributed by atoms with Crippen LogP contribution >= 0.6 is 23.2 Å². The van der Waals surface area contributed by atoms with E-state index in [1.54, 1.807) is 6.20 Å². The monoisotopic (exact) mass is 217 g/mol. The van der Waals surface area contributed by atoms with Crippen molar-refractivity contribution in [2.75, 3.05) is 5.88 Å². The van der Waals surface area contributed by atoms with Crippen LogP contribution in [-0.4, -0.2) is 10.9 Å². The number of unbranched alkanes of at least 4 members (excludes halogenated alkanes) is 1. The van der Waals surface area contributed by atoms with Crippen molar-refractivity contribution in [3.8, 4) is 0 Å². The fraction of sp³-hybridized carbons (Fsp3) is 0.500. The summed E-state index contributed by atoms with van der Waals surface area (Å²) in [7, 11) is 0. The van der Waals surface area contributed by atoms with Crippen molar-refractivity contribution < 1.29 is 0 Å². The van der Waals surface area contributed by atoms with Crippen LogP contribution in [-0.2, 0) is 0 Å². The van der Waals surface area contributed by atoms with Gasteiger partial charge >= 0.3 is 0 Å². The van der Waals surface area contributed by atoms with Gasteiger partial charge in [0.1, 0.15) is 0 Å². The molecule has 0 saturated heterocycles. The first-order chi connectivity index (χ1) is 6.34. The lowest BCUT2D eigenvalue weighted by atomic mass is 10.1. The van der Waals surface area contributed by atoms with E-state index in [0.29, 0.717) is 0 Å². The Hall–Kier alpha value is -0.270. The maximum atomic E-state index is 6.16. The van der Waals surface area contributed by atoms with E-state index in [-0.39, 0.29) is 5.38 Å². The summed E-state index contributed by atoms with van der Waals surface area (Å²) in [5.41, 5.74) is 1.10. The average molecular weight is 218 g/mol. The van der Waals surface area contributed by atoms with Gasteiger partial charge in [-0.2, -0.15) is 0 Å². The van der Waals surface area contributed by atoms with Crippen LogP contribution in [0.3, 0.4) is 0 Å². The minimum atomic E-state index is 0.0805. The van der Waals surface area contributed by atoms with Gasteiger partial charge in [0.15, 0.2) is 0 Å². The van der Waals surface area contributed by atoms with Crippen molar-refractivity contribution >= 4 is 23.2 Å². The third-order valence-corrected chi connectivity index (χ3v) is 2.62. The van der Waals surface area contributed by atoms with Crippen LogP contribution in [0, 0.1) is 0 Å². The Labute approximate surface area is 89.1 Å². The highest BCUT2D eigenvalue weighted by molar-refractivity contribution is 6.20. The van der Waals surface area contributed by atoms with Crippen LogP contribution in [0.5, 0.6) is 0 Å². The second-order valence-electron chi connectivity index (χ2n) is 2.94. The lowest BCUT2D eigenvalue weighted by molar-refractivity contribution is 0.702. The molecule has 1 unspecified atom stereocenters. The molecular weight excluding hydrogens is 205 g/mol. The van der Waals surface area contributed by atoms with E-state index in [2.05, 4.69) is 4.98 Å². The minimum Gasteiger partial charge on any atom is -0.264 e. The van der Waals surface area contributed by atoms with Gasteiger partial charge in [0, 0.05) is 18.3 Å². The Morgan fingerprint density at radius 1 is 1.38 bits per heavy atom. The molecule has 0 fully saturated rings. The number of pyridine rings is 1. The van der Waals surface area contributed by atoms with Crippen LogP contribution in [0.15, 0.2) is 24.5 Å². The van der Waals surface area contributed by atoms with Gasteiger partial charge in [-0.25, -0.2) is 0 Å². The van der Waals surface area contributed by atoms with Crippen molar-refractivity contribution in [3.05, 3.63) is 30.1 Å². The predicted octanol–water partition coefficient (Wildman–Crippen LogP) is 3.77. The zero-order valence-electron chi connectivity index (χ0n) is 7.42. The average Bonchev–Trinajstić information content (AvgIpc) is 2.19. The molecule has 72 valence electrons. The van der Waals surface area contributed by atoms with Gasteiger partial charge in [-0.1, -0.05) is 12.5 Å². The molecule has 0 radical (unpaired) electrons. The van der Waals surface area contributed by atoms with E-state index < -0.39 is 0 Å². The van der Waals surface area contributed by atoms with Crippen LogP contribution in [0.1, 0.15) is 30.2 Å². The highest BCUT2D eigenvalue weighted by Crippen LogP contribution is 2.25.